The predicted molar refractivity (Wildman–Crippen MR) is 51.1 cm³/mol. The van der Waals surface area contributed by atoms with Crippen molar-refractivity contribution < 1.29 is 14.2 Å². The summed E-state index contributed by atoms with van der Waals surface area (Å²) >= 11 is 0. The zero-order valence-electron chi connectivity index (χ0n) is 8.69. The lowest BCUT2D eigenvalue weighted by Gasteiger charge is -2.20. The van der Waals surface area contributed by atoms with Crippen LogP contribution in [0.2, 0.25) is 0 Å². The van der Waals surface area contributed by atoms with Gasteiger partial charge in [0.15, 0.2) is 0 Å². The molecule has 4 nitrogen and oxygen atoms in total. The van der Waals surface area contributed by atoms with E-state index in [4.69, 9.17) is 9.68 Å². The Labute approximate surface area is 81.4 Å². The maximum atomic E-state index is 10.6. The fraction of sp³-hybridized carbons (Fsp3) is 1.00. The molecule has 0 spiro atoms. The van der Waals surface area contributed by atoms with Gasteiger partial charge in [0, 0.05) is 5.00 Å². The standard InChI is InChI=1S/C8H18NO3P/c1-5-7(3)11-9(13-10)12-8(4)6-2/h7-8H,5-6H2,1-4H3. The molecule has 0 aliphatic carbocycles. The van der Waals surface area contributed by atoms with E-state index in [9.17, 15) is 4.57 Å². The second-order valence-electron chi connectivity index (χ2n) is 2.97. The molecule has 0 N–H and O–H groups in total. The van der Waals surface area contributed by atoms with Gasteiger partial charge in [-0.3, -0.25) is 14.2 Å². The third-order valence-corrected chi connectivity index (χ3v) is 2.08. The van der Waals surface area contributed by atoms with E-state index in [1.165, 1.54) is 0 Å². The minimum absolute atomic E-state index is 0.0190. The Kier molecular flexibility index (Phi) is 7.38. The van der Waals surface area contributed by atoms with Crippen molar-refractivity contribution in [2.75, 3.05) is 0 Å². The van der Waals surface area contributed by atoms with Gasteiger partial charge in [0.1, 0.15) is 0 Å². The highest BCUT2D eigenvalue weighted by molar-refractivity contribution is 7.20. The highest BCUT2D eigenvalue weighted by atomic mass is 31.1. The highest BCUT2D eigenvalue weighted by Crippen LogP contribution is 2.14. The molecule has 0 bridgehead atoms. The highest BCUT2D eigenvalue weighted by Gasteiger charge is 2.13. The smallest absolute Gasteiger partial charge is 0.261 e. The van der Waals surface area contributed by atoms with Gasteiger partial charge in [0.2, 0.25) is 0 Å². The van der Waals surface area contributed by atoms with Gasteiger partial charge in [-0.2, -0.15) is 0 Å². The molecule has 0 aliphatic heterocycles. The lowest BCUT2D eigenvalue weighted by Crippen LogP contribution is -2.24. The van der Waals surface area contributed by atoms with Gasteiger partial charge in [-0.25, -0.2) is 0 Å². The van der Waals surface area contributed by atoms with Gasteiger partial charge in [-0.15, -0.1) is 0 Å². The van der Waals surface area contributed by atoms with Crippen LogP contribution in [0, 0.1) is 0 Å². The van der Waals surface area contributed by atoms with Crippen molar-refractivity contribution in [1.82, 2.24) is 5.00 Å². The topological polar surface area (TPSA) is 38.8 Å². The number of nitrogens with zero attached hydrogens (tertiary/aromatic N) is 1. The first-order valence-corrected chi connectivity index (χ1v) is 5.37. The molecular weight excluding hydrogens is 189 g/mol. The molecule has 0 rings (SSSR count). The van der Waals surface area contributed by atoms with Gasteiger partial charge in [-0.1, -0.05) is 13.8 Å². The van der Waals surface area contributed by atoms with Gasteiger partial charge in [0.25, 0.3) is 0 Å². The Bertz CT molecular complexity index is 133. The van der Waals surface area contributed by atoms with Crippen LogP contribution in [-0.2, 0) is 14.2 Å². The normalized spacial score (nSPS) is 16.4. The molecule has 0 fully saturated rings. The van der Waals surface area contributed by atoms with Crippen LogP contribution in [0.3, 0.4) is 0 Å². The van der Waals surface area contributed by atoms with Crippen molar-refractivity contribution in [2.24, 2.45) is 0 Å². The predicted octanol–water partition coefficient (Wildman–Crippen LogP) is 2.96. The van der Waals surface area contributed by atoms with Gasteiger partial charge >= 0.3 is 8.61 Å². The van der Waals surface area contributed by atoms with Gasteiger partial charge in [-0.05, 0) is 26.7 Å². The van der Waals surface area contributed by atoms with Gasteiger partial charge in [0.05, 0.1) is 12.2 Å². The third kappa shape index (κ3) is 6.11. The first kappa shape index (κ1) is 13.0. The molecular formula is C8H18NO3P. The Hall–Kier alpha value is -0.0200. The first-order chi connectivity index (χ1) is 6.13. The van der Waals surface area contributed by atoms with Crippen molar-refractivity contribution in [3.63, 3.8) is 0 Å². The lowest BCUT2D eigenvalue weighted by molar-refractivity contribution is -0.334. The monoisotopic (exact) mass is 207 g/mol. The fourth-order valence-electron chi connectivity index (χ4n) is 0.520. The lowest BCUT2D eigenvalue weighted by atomic mass is 10.3. The summed E-state index contributed by atoms with van der Waals surface area (Å²) in [7, 11) is -0.262. The van der Waals surface area contributed by atoms with Crippen LogP contribution in [-0.4, -0.2) is 17.2 Å². The summed E-state index contributed by atoms with van der Waals surface area (Å²) in [6, 6.07) is 0. The van der Waals surface area contributed by atoms with Crippen molar-refractivity contribution in [2.45, 2.75) is 52.7 Å². The maximum Gasteiger partial charge on any atom is 0.303 e. The fourth-order valence-corrected chi connectivity index (χ4v) is 0.919. The van der Waals surface area contributed by atoms with Crippen LogP contribution in [0.25, 0.3) is 0 Å². The quantitative estimate of drug-likeness (QED) is 0.475. The number of rotatable bonds is 7. The third-order valence-electron chi connectivity index (χ3n) is 1.76. The maximum absolute atomic E-state index is 10.6. The molecule has 78 valence electrons. The molecule has 0 radical (unpaired) electrons. The SMILES string of the molecule is CCC(C)ON(OC(C)CC)P=O. The summed E-state index contributed by atoms with van der Waals surface area (Å²) in [5.41, 5.74) is 0. The molecule has 0 amide bonds. The molecule has 0 heterocycles. The van der Waals surface area contributed by atoms with E-state index in [0.29, 0.717) is 0 Å². The average molecular weight is 207 g/mol. The first-order valence-electron chi connectivity index (χ1n) is 4.60. The summed E-state index contributed by atoms with van der Waals surface area (Å²) < 4.78 is 10.6. The molecule has 0 aromatic carbocycles. The zero-order chi connectivity index (χ0) is 10.3. The molecule has 5 heteroatoms. The summed E-state index contributed by atoms with van der Waals surface area (Å²) in [6.07, 6.45) is 1.75. The second-order valence-corrected chi connectivity index (χ2v) is 3.46. The van der Waals surface area contributed by atoms with Crippen LogP contribution in [0.1, 0.15) is 40.5 Å². The summed E-state index contributed by atoms with van der Waals surface area (Å²) in [6.45, 7) is 7.79. The van der Waals surface area contributed by atoms with E-state index in [0.717, 1.165) is 17.8 Å². The molecule has 2 unspecified atom stereocenters. The minimum Gasteiger partial charge on any atom is -0.261 e. The Morgan fingerprint density at radius 3 is 1.77 bits per heavy atom. The van der Waals surface area contributed by atoms with Crippen molar-refractivity contribution in [1.29, 1.82) is 0 Å². The van der Waals surface area contributed by atoms with Gasteiger partial charge < -0.3 is 0 Å². The minimum atomic E-state index is -0.262. The van der Waals surface area contributed by atoms with E-state index in [-0.39, 0.29) is 20.8 Å². The van der Waals surface area contributed by atoms with E-state index in [1.807, 2.05) is 27.7 Å². The van der Waals surface area contributed by atoms with E-state index in [2.05, 4.69) is 0 Å². The van der Waals surface area contributed by atoms with E-state index >= 15 is 0 Å². The number of hydrogen-bond acceptors (Lipinski definition) is 3. The van der Waals surface area contributed by atoms with Crippen LogP contribution in [0.15, 0.2) is 0 Å². The van der Waals surface area contributed by atoms with E-state index in [1.54, 1.807) is 0 Å². The molecule has 0 aromatic heterocycles. The van der Waals surface area contributed by atoms with Crippen LogP contribution in [0.5, 0.6) is 0 Å². The molecule has 2 atom stereocenters. The van der Waals surface area contributed by atoms with Crippen molar-refractivity contribution in [3.8, 4) is 0 Å². The Morgan fingerprint density at radius 2 is 1.54 bits per heavy atom. The van der Waals surface area contributed by atoms with E-state index < -0.39 is 0 Å². The number of hydrogen-bond donors (Lipinski definition) is 0. The Morgan fingerprint density at radius 1 is 1.15 bits per heavy atom. The summed E-state index contributed by atoms with van der Waals surface area (Å²) in [5, 5.41) is 0. The molecule has 0 saturated carbocycles. The second kappa shape index (κ2) is 7.39. The summed E-state index contributed by atoms with van der Waals surface area (Å²) in [4.78, 5) is 11.4. The van der Waals surface area contributed by atoms with Crippen molar-refractivity contribution in [3.05, 3.63) is 0 Å². The largest absolute Gasteiger partial charge is 0.303 e. The average Bonchev–Trinajstić information content (AvgIpc) is 2.16. The zero-order valence-corrected chi connectivity index (χ0v) is 9.58. The van der Waals surface area contributed by atoms with Crippen LogP contribution in [0.4, 0.5) is 0 Å². The summed E-state index contributed by atoms with van der Waals surface area (Å²) in [5.74, 6) is 0. The molecule has 0 aromatic rings. The molecule has 0 aliphatic rings. The molecule has 0 saturated heterocycles. The molecule has 13 heavy (non-hydrogen) atoms. The van der Waals surface area contributed by atoms with Crippen LogP contribution < -0.4 is 0 Å². The van der Waals surface area contributed by atoms with Crippen molar-refractivity contribution >= 4 is 8.61 Å². The van der Waals surface area contributed by atoms with Crippen LogP contribution >= 0.6 is 8.61 Å². The Balaban J connectivity index is 3.81.